The van der Waals surface area contributed by atoms with E-state index in [0.29, 0.717) is 77.6 Å². The van der Waals surface area contributed by atoms with Gasteiger partial charge in [-0.2, -0.15) is 0 Å². The van der Waals surface area contributed by atoms with Crippen LogP contribution in [0, 0.1) is 35.5 Å². The molecule has 21 nitrogen and oxygen atoms in total. The lowest BCUT2D eigenvalue weighted by Crippen LogP contribution is -2.31. The first kappa shape index (κ1) is 61.6. The Labute approximate surface area is 452 Å². The van der Waals surface area contributed by atoms with Crippen LogP contribution in [0.2, 0.25) is 0 Å². The maximum absolute atomic E-state index is 13.6. The van der Waals surface area contributed by atoms with Crippen molar-refractivity contribution in [3.8, 4) is 23.0 Å². The smallest absolute Gasteiger partial charge is 0.342 e. The van der Waals surface area contributed by atoms with Crippen molar-refractivity contribution >= 4 is 59.5 Å². The van der Waals surface area contributed by atoms with E-state index in [0.717, 1.165) is 12.2 Å². The van der Waals surface area contributed by atoms with Gasteiger partial charge < -0.3 is 52.1 Å². The second kappa shape index (κ2) is 32.5. The summed E-state index contributed by atoms with van der Waals surface area (Å²) in [6.45, 7) is 11.0. The van der Waals surface area contributed by atoms with Crippen molar-refractivity contribution in [1.29, 1.82) is 0 Å². The minimum Gasteiger partial charge on any atom is -0.462 e. The fourth-order valence-corrected chi connectivity index (χ4v) is 9.13. The van der Waals surface area contributed by atoms with E-state index in [1.165, 1.54) is 36.4 Å². The molecular weight excluding hydrogens is 1020 g/mol. The van der Waals surface area contributed by atoms with Crippen LogP contribution in [-0.4, -0.2) is 119 Å². The van der Waals surface area contributed by atoms with Gasteiger partial charge in [0.25, 0.3) is 0 Å². The van der Waals surface area contributed by atoms with E-state index in [1.54, 1.807) is 6.92 Å². The predicted molar refractivity (Wildman–Crippen MR) is 273 cm³/mol. The summed E-state index contributed by atoms with van der Waals surface area (Å²) in [4.78, 5) is 128. The van der Waals surface area contributed by atoms with E-state index in [4.69, 9.17) is 52.1 Å². The number of hydrogen-bond acceptors (Lipinski definition) is 21. The average Bonchev–Trinajstić information content (AvgIpc) is 3.48. The Balaban J connectivity index is 1.14. The Bertz CT molecular complexity index is 2270. The minimum absolute atomic E-state index is 0.00239. The third-order valence-electron chi connectivity index (χ3n) is 13.5. The maximum Gasteiger partial charge on any atom is 0.342 e. The van der Waals surface area contributed by atoms with Crippen LogP contribution in [-0.2, 0) is 71.5 Å². The van der Waals surface area contributed by atoms with Gasteiger partial charge in [-0.05, 0) is 134 Å². The van der Waals surface area contributed by atoms with Crippen molar-refractivity contribution in [2.75, 3.05) is 59.5 Å². The summed E-state index contributed by atoms with van der Waals surface area (Å²) in [6, 6.07) is 8.16. The number of esters is 9. The molecule has 0 aliphatic heterocycles. The molecule has 3 aliphatic carbocycles. The summed E-state index contributed by atoms with van der Waals surface area (Å²) in [5, 5.41) is 0. The van der Waals surface area contributed by atoms with Gasteiger partial charge in [0, 0.05) is 38.4 Å². The molecule has 0 amide bonds. The monoisotopic (exact) mass is 1090 g/mol. The molecule has 0 aromatic heterocycles. The number of Topliss-reactive ketones (excluding diaryl/α,β-unsaturated/α-hetero) is 1. The van der Waals surface area contributed by atoms with Gasteiger partial charge in [-0.15, -0.1) is 0 Å². The topological polar surface area (TPSA) is 272 Å². The molecule has 2 aromatic rings. The number of ketones is 1. The molecule has 78 heavy (non-hydrogen) atoms. The quantitative estimate of drug-likeness (QED) is 0.0195. The van der Waals surface area contributed by atoms with Crippen LogP contribution in [0.5, 0.6) is 23.0 Å². The van der Waals surface area contributed by atoms with Crippen LogP contribution in [0.1, 0.15) is 124 Å². The molecule has 3 saturated carbocycles. The van der Waals surface area contributed by atoms with Crippen molar-refractivity contribution in [3.05, 3.63) is 72.8 Å². The van der Waals surface area contributed by atoms with Crippen molar-refractivity contribution in [3.63, 3.8) is 0 Å². The minimum atomic E-state index is -0.853. The van der Waals surface area contributed by atoms with Gasteiger partial charge >= 0.3 is 53.7 Å². The summed E-state index contributed by atoms with van der Waals surface area (Å²) in [6.07, 6.45) is 6.26. The van der Waals surface area contributed by atoms with Crippen molar-refractivity contribution < 1.29 is 100 Å². The number of carbonyl (C=O) groups excluding carboxylic acids is 10. The standard InChI is InChI=1S/C57H70O21/c1-5-49(59)70-30-32-72-51(61)36-11-15-40(16-12-36)55(65)77-47-25-23-42(34-44(47)46(58)10-9-27-68-7-3)75-53(63)38-19-21-39(22-20-38)54(64)76-43-24-26-48(45(35-43)57(67)74-29-28-69-8-4)78-56(66)41-17-13-37(14-18-41)52(62)73-33-31-71-50(60)6-2/h5-6,23-26,34-41H,1-2,7-22,27-33H2,3-4H3. The first-order valence-electron chi connectivity index (χ1n) is 26.6. The van der Waals surface area contributed by atoms with Crippen LogP contribution in [0.25, 0.3) is 0 Å². The van der Waals surface area contributed by atoms with Gasteiger partial charge in [-0.3, -0.25) is 33.6 Å². The molecule has 0 bridgehead atoms. The maximum atomic E-state index is 13.6. The Morgan fingerprint density at radius 1 is 0.423 bits per heavy atom. The lowest BCUT2D eigenvalue weighted by Gasteiger charge is -2.26. The number of benzene rings is 2. The summed E-state index contributed by atoms with van der Waals surface area (Å²) in [5.74, 6) is -9.11. The van der Waals surface area contributed by atoms with Crippen LogP contribution in [0.15, 0.2) is 61.7 Å². The number of ether oxygens (including phenoxy) is 11. The van der Waals surface area contributed by atoms with Crippen molar-refractivity contribution in [1.82, 2.24) is 0 Å². The summed E-state index contributed by atoms with van der Waals surface area (Å²) in [7, 11) is 0. The summed E-state index contributed by atoms with van der Waals surface area (Å²) >= 11 is 0. The fraction of sp³-hybridized carbons (Fsp3) is 0.544. The molecule has 5 rings (SSSR count). The third kappa shape index (κ3) is 19.6. The van der Waals surface area contributed by atoms with Crippen LogP contribution in [0.4, 0.5) is 0 Å². The molecule has 0 saturated heterocycles. The molecule has 21 heteroatoms. The highest BCUT2D eigenvalue weighted by atomic mass is 16.6. The van der Waals surface area contributed by atoms with Gasteiger partial charge in [0.15, 0.2) is 5.78 Å². The predicted octanol–water partition coefficient (Wildman–Crippen LogP) is 7.17. The molecule has 0 atom stereocenters. The van der Waals surface area contributed by atoms with E-state index in [9.17, 15) is 47.9 Å². The second-order valence-electron chi connectivity index (χ2n) is 18.8. The molecule has 0 radical (unpaired) electrons. The van der Waals surface area contributed by atoms with Crippen LogP contribution < -0.4 is 18.9 Å². The molecule has 3 fully saturated rings. The molecule has 3 aliphatic rings. The Kier molecular flexibility index (Phi) is 25.6. The first-order chi connectivity index (χ1) is 37.6. The number of hydrogen-bond donors (Lipinski definition) is 0. The number of rotatable bonds is 29. The van der Waals surface area contributed by atoms with E-state index in [-0.39, 0.29) is 112 Å². The molecule has 2 aromatic carbocycles. The SMILES string of the molecule is C=CC(=O)OCCOC(=O)C1CCC(C(=O)Oc2ccc(OC(=O)C3CCC(C(=O)Oc4ccc(OC(=O)C5CCC(C(=O)OCCOC(=O)C=C)CC5)c(C(=O)OCCOCC)c4)CC3)cc2C(=O)CCCOCC)CC1. The number of carbonyl (C=O) groups is 10. The van der Waals surface area contributed by atoms with Crippen LogP contribution in [0.3, 0.4) is 0 Å². The Hall–Kier alpha value is -7.26. The Morgan fingerprint density at radius 2 is 0.769 bits per heavy atom. The molecule has 424 valence electrons. The van der Waals surface area contributed by atoms with Crippen molar-refractivity contribution in [2.24, 2.45) is 35.5 Å². The zero-order valence-corrected chi connectivity index (χ0v) is 44.3. The Morgan fingerprint density at radius 3 is 1.18 bits per heavy atom. The lowest BCUT2D eigenvalue weighted by atomic mass is 9.82. The third-order valence-corrected chi connectivity index (χ3v) is 13.5. The van der Waals surface area contributed by atoms with Gasteiger partial charge in [0.05, 0.1) is 47.7 Å². The first-order valence-corrected chi connectivity index (χ1v) is 26.6. The highest BCUT2D eigenvalue weighted by molar-refractivity contribution is 6.00. The van der Waals surface area contributed by atoms with Gasteiger partial charge in [0.2, 0.25) is 0 Å². The van der Waals surface area contributed by atoms with E-state index in [1.807, 2.05) is 6.92 Å². The van der Waals surface area contributed by atoms with Crippen LogP contribution >= 0.6 is 0 Å². The fourth-order valence-electron chi connectivity index (χ4n) is 9.13. The van der Waals surface area contributed by atoms with Crippen molar-refractivity contribution in [2.45, 2.75) is 104 Å². The zero-order valence-electron chi connectivity index (χ0n) is 44.3. The van der Waals surface area contributed by atoms with E-state index < -0.39 is 89.2 Å². The van der Waals surface area contributed by atoms with E-state index in [2.05, 4.69) is 13.2 Å². The molecule has 0 N–H and O–H groups in total. The van der Waals surface area contributed by atoms with Gasteiger partial charge in [-0.1, -0.05) is 13.2 Å². The highest BCUT2D eigenvalue weighted by Crippen LogP contribution is 2.37. The summed E-state index contributed by atoms with van der Waals surface area (Å²) < 4.78 is 59.1. The zero-order chi connectivity index (χ0) is 56.4. The van der Waals surface area contributed by atoms with Gasteiger partial charge in [0.1, 0.15) is 61.6 Å². The average molecular weight is 1090 g/mol. The molecule has 0 spiro atoms. The highest BCUT2D eigenvalue weighted by Gasteiger charge is 2.36. The summed E-state index contributed by atoms with van der Waals surface area (Å²) in [5.41, 5.74) is -0.127. The lowest BCUT2D eigenvalue weighted by molar-refractivity contribution is -0.155. The molecule has 0 unspecified atom stereocenters. The molecule has 0 heterocycles. The normalized spacial score (nSPS) is 19.8. The van der Waals surface area contributed by atoms with Gasteiger partial charge in [-0.25, -0.2) is 14.4 Å². The molecular formula is C57H70O21. The van der Waals surface area contributed by atoms with E-state index >= 15 is 0 Å². The largest absolute Gasteiger partial charge is 0.462 e. The second-order valence-corrected chi connectivity index (χ2v) is 18.8.